The van der Waals surface area contributed by atoms with Crippen molar-refractivity contribution in [3.63, 3.8) is 0 Å². The summed E-state index contributed by atoms with van der Waals surface area (Å²) in [5.74, 6) is -0.359. The lowest BCUT2D eigenvalue weighted by molar-refractivity contribution is -0.193. The number of aromatic nitrogens is 1. The van der Waals surface area contributed by atoms with Gasteiger partial charge in [-0.1, -0.05) is 0 Å². The van der Waals surface area contributed by atoms with Gasteiger partial charge in [0.15, 0.2) is 6.19 Å². The number of hydroxylamine groups is 2. The summed E-state index contributed by atoms with van der Waals surface area (Å²) < 4.78 is 12.9. The lowest BCUT2D eigenvalue weighted by atomic mass is 9.95. The van der Waals surface area contributed by atoms with Crippen molar-refractivity contribution >= 4 is 11.6 Å². The summed E-state index contributed by atoms with van der Waals surface area (Å²) in [6.45, 7) is 7.64. The van der Waals surface area contributed by atoms with Gasteiger partial charge in [-0.2, -0.15) is 14.7 Å². The molecule has 1 aliphatic rings. The molecule has 3 N–H and O–H groups in total. The largest absolute Gasteiger partial charge is 0.324 e. The molecule has 0 radical (unpaired) electrons. The van der Waals surface area contributed by atoms with Gasteiger partial charge >= 0.3 is 0 Å². The predicted octanol–water partition coefficient (Wildman–Crippen LogP) is 2.08. The van der Waals surface area contributed by atoms with Gasteiger partial charge in [-0.05, 0) is 46.2 Å². The quantitative estimate of drug-likeness (QED) is 0.254. The molecule has 1 aromatic rings. The van der Waals surface area contributed by atoms with Crippen LogP contribution in [0.25, 0.3) is 0 Å². The van der Waals surface area contributed by atoms with Crippen LogP contribution in [0.5, 0.6) is 0 Å². The van der Waals surface area contributed by atoms with Crippen LogP contribution in [0, 0.1) is 17.4 Å². The van der Waals surface area contributed by atoms with Crippen LogP contribution in [0.3, 0.4) is 0 Å². The van der Waals surface area contributed by atoms with Gasteiger partial charge in [-0.25, -0.2) is 9.98 Å². The van der Waals surface area contributed by atoms with Gasteiger partial charge in [0.05, 0.1) is 23.5 Å². The van der Waals surface area contributed by atoms with E-state index in [4.69, 9.17) is 5.26 Å². The summed E-state index contributed by atoms with van der Waals surface area (Å²) in [7, 11) is 0. The normalized spacial score (nSPS) is 23.3. The Kier molecular flexibility index (Phi) is 4.54. The molecule has 0 aliphatic carbocycles. The Labute approximate surface area is 134 Å². The van der Waals surface area contributed by atoms with Crippen LogP contribution >= 0.6 is 0 Å². The van der Waals surface area contributed by atoms with Crippen LogP contribution < -0.4 is 10.6 Å². The van der Waals surface area contributed by atoms with E-state index in [1.54, 1.807) is 0 Å². The van der Waals surface area contributed by atoms with Crippen LogP contribution in [0.1, 0.15) is 34.1 Å². The molecule has 2 heterocycles. The molecule has 1 aliphatic heterocycles. The molecule has 1 fully saturated rings. The topological polar surface area (TPSA) is 96.6 Å². The molecule has 0 bridgehead atoms. The van der Waals surface area contributed by atoms with Gasteiger partial charge in [0, 0.05) is 5.54 Å². The maximum atomic E-state index is 12.9. The van der Waals surface area contributed by atoms with Gasteiger partial charge in [0.25, 0.3) is 0 Å². The summed E-state index contributed by atoms with van der Waals surface area (Å²) in [6.07, 6.45) is 3.75. The fraction of sp³-hybridized carbons (Fsp3) is 0.533. The van der Waals surface area contributed by atoms with E-state index in [1.165, 1.54) is 23.4 Å². The number of rotatable bonds is 2. The molecule has 0 amide bonds. The molecule has 1 atom stereocenters. The molecule has 1 aromatic heterocycles. The first kappa shape index (κ1) is 17.1. The Bertz CT molecular complexity index is 634. The number of pyridine rings is 1. The van der Waals surface area contributed by atoms with Crippen molar-refractivity contribution < 1.29 is 9.60 Å². The van der Waals surface area contributed by atoms with E-state index in [0.29, 0.717) is 12.1 Å². The average molecular weight is 320 g/mol. The van der Waals surface area contributed by atoms with Crippen molar-refractivity contribution in [1.82, 2.24) is 15.4 Å². The Morgan fingerprint density at radius 3 is 2.65 bits per heavy atom. The molecule has 0 aromatic carbocycles. The van der Waals surface area contributed by atoms with E-state index in [1.807, 2.05) is 33.9 Å². The molecule has 0 spiro atoms. The Morgan fingerprint density at radius 2 is 2.17 bits per heavy atom. The number of nitrogens with zero attached hydrogens (tertiary/aromatic N) is 4. The zero-order valence-electron chi connectivity index (χ0n) is 13.6. The van der Waals surface area contributed by atoms with Crippen LogP contribution in [-0.2, 0) is 0 Å². The molecule has 124 valence electrons. The highest BCUT2D eigenvalue weighted by Crippen LogP contribution is 2.40. The zero-order valence-corrected chi connectivity index (χ0v) is 13.6. The third-order valence-electron chi connectivity index (χ3n) is 4.08. The minimum Gasteiger partial charge on any atom is -0.324 e. The van der Waals surface area contributed by atoms with Crippen molar-refractivity contribution in [2.75, 3.05) is 5.32 Å². The van der Waals surface area contributed by atoms with Gasteiger partial charge < -0.3 is 10.5 Å². The Morgan fingerprint density at radius 1 is 1.48 bits per heavy atom. The number of hydrogen-bond donors (Lipinski definition) is 3. The van der Waals surface area contributed by atoms with Gasteiger partial charge in [-0.15, -0.1) is 0 Å². The maximum Gasteiger partial charge on any atom is 0.212 e. The molecular formula is C15H21FN6O. The standard InChI is InChI=1S/C15H21FN6O/c1-14(2)7-11(15(3,4)22(14)23)21-13(19-9-17)20-10-5-6-12(16)18-8-10/h5-6,8,11,23H,7H2,1-4H3,(H2,19,20,21). The molecule has 7 nitrogen and oxygen atoms in total. The number of aliphatic imine (C=N–C) groups is 1. The summed E-state index contributed by atoms with van der Waals surface area (Å²) >= 11 is 0. The minimum atomic E-state index is -0.589. The number of nitriles is 1. The van der Waals surface area contributed by atoms with E-state index in [9.17, 15) is 9.60 Å². The summed E-state index contributed by atoms with van der Waals surface area (Å²) in [4.78, 5) is 8.08. The van der Waals surface area contributed by atoms with Crippen LogP contribution in [0.15, 0.2) is 23.3 Å². The number of guanidine groups is 1. The minimum absolute atomic E-state index is 0.227. The molecular weight excluding hydrogens is 299 g/mol. The summed E-state index contributed by atoms with van der Waals surface area (Å²) in [5, 5.41) is 25.9. The first-order chi connectivity index (χ1) is 10.7. The molecule has 1 saturated heterocycles. The maximum absolute atomic E-state index is 12.9. The third-order valence-corrected chi connectivity index (χ3v) is 4.08. The number of hydrogen-bond acceptors (Lipinski definition) is 5. The van der Waals surface area contributed by atoms with E-state index in [2.05, 4.69) is 20.6 Å². The van der Waals surface area contributed by atoms with E-state index < -0.39 is 17.0 Å². The number of nitrogens with one attached hydrogen (secondary N) is 2. The van der Waals surface area contributed by atoms with Gasteiger partial charge in [0.2, 0.25) is 11.9 Å². The second-order valence-corrected chi connectivity index (χ2v) is 6.71. The third kappa shape index (κ3) is 3.57. The van der Waals surface area contributed by atoms with E-state index in [-0.39, 0.29) is 12.0 Å². The second kappa shape index (κ2) is 6.10. The molecule has 2 rings (SSSR count). The highest BCUT2D eigenvalue weighted by Gasteiger charge is 2.51. The van der Waals surface area contributed by atoms with Crippen LogP contribution in [-0.4, -0.2) is 38.3 Å². The highest BCUT2D eigenvalue weighted by atomic mass is 19.1. The first-order valence-electron chi connectivity index (χ1n) is 7.27. The van der Waals surface area contributed by atoms with Crippen molar-refractivity contribution in [3.8, 4) is 6.19 Å². The number of anilines is 1. The van der Waals surface area contributed by atoms with Crippen LogP contribution in [0.4, 0.5) is 10.1 Å². The second-order valence-electron chi connectivity index (χ2n) is 6.71. The lowest BCUT2D eigenvalue weighted by Gasteiger charge is -2.34. The fourth-order valence-electron chi connectivity index (χ4n) is 2.83. The first-order valence-corrected chi connectivity index (χ1v) is 7.27. The smallest absolute Gasteiger partial charge is 0.212 e. The Hall–Kier alpha value is -2.24. The average Bonchev–Trinajstić information content (AvgIpc) is 2.62. The summed E-state index contributed by atoms with van der Waals surface area (Å²) in [5.41, 5.74) is -0.509. The molecule has 0 saturated carbocycles. The van der Waals surface area contributed by atoms with Gasteiger partial charge in [0.1, 0.15) is 0 Å². The van der Waals surface area contributed by atoms with Gasteiger partial charge in [-0.3, -0.25) is 5.32 Å². The van der Waals surface area contributed by atoms with E-state index in [0.717, 1.165) is 0 Å². The number of halogens is 1. The summed E-state index contributed by atoms with van der Waals surface area (Å²) in [6, 6.07) is 2.47. The lowest BCUT2D eigenvalue weighted by Crippen LogP contribution is -2.48. The predicted molar refractivity (Wildman–Crippen MR) is 84.2 cm³/mol. The zero-order chi connectivity index (χ0) is 17.3. The molecule has 23 heavy (non-hydrogen) atoms. The fourth-order valence-corrected chi connectivity index (χ4v) is 2.83. The highest BCUT2D eigenvalue weighted by molar-refractivity contribution is 5.94. The van der Waals surface area contributed by atoms with Crippen molar-refractivity contribution in [2.24, 2.45) is 4.99 Å². The van der Waals surface area contributed by atoms with E-state index >= 15 is 0 Å². The molecule has 1 unspecified atom stereocenters. The van der Waals surface area contributed by atoms with Crippen molar-refractivity contribution in [1.29, 1.82) is 5.26 Å². The van der Waals surface area contributed by atoms with Crippen molar-refractivity contribution in [2.45, 2.75) is 51.2 Å². The SMILES string of the molecule is CC1(C)CC(N=C(NC#N)Nc2ccc(F)nc2)C(C)(C)N1O. The van der Waals surface area contributed by atoms with Crippen LogP contribution in [0.2, 0.25) is 0 Å². The Balaban J connectivity index is 2.25. The monoisotopic (exact) mass is 320 g/mol. The molecule has 8 heteroatoms. The van der Waals surface area contributed by atoms with Crippen molar-refractivity contribution in [3.05, 3.63) is 24.3 Å².